The molecule has 1 aromatic rings. The van der Waals surface area contributed by atoms with Crippen molar-refractivity contribution in [2.45, 2.75) is 45.8 Å². The Morgan fingerprint density at radius 2 is 2.12 bits per heavy atom. The number of nitrogens with one attached hydrogen (secondary N) is 2. The Balaban J connectivity index is 1.89. The van der Waals surface area contributed by atoms with Gasteiger partial charge in [0.05, 0.1) is 6.61 Å². The lowest BCUT2D eigenvalue weighted by molar-refractivity contribution is -0.121. The number of rotatable bonds is 9. The van der Waals surface area contributed by atoms with Crippen molar-refractivity contribution in [3.63, 3.8) is 0 Å². The summed E-state index contributed by atoms with van der Waals surface area (Å²) in [5.41, 5.74) is 0.474. The third-order valence-corrected chi connectivity index (χ3v) is 4.28. The van der Waals surface area contributed by atoms with Crippen LogP contribution in [0.15, 0.2) is 18.2 Å². The molecule has 0 aliphatic carbocycles. The average molecular weight is 356 g/mol. The molecular formula is C18H26F2N2O3. The second kappa shape index (κ2) is 10.2. The van der Waals surface area contributed by atoms with E-state index in [1.54, 1.807) is 25.1 Å². The van der Waals surface area contributed by atoms with Gasteiger partial charge in [-0.2, -0.15) is 8.78 Å². The molecular weight excluding hydrogens is 330 g/mol. The van der Waals surface area contributed by atoms with Gasteiger partial charge in [0.1, 0.15) is 0 Å². The molecule has 25 heavy (non-hydrogen) atoms. The van der Waals surface area contributed by atoms with E-state index in [1.807, 2.05) is 0 Å². The van der Waals surface area contributed by atoms with E-state index in [9.17, 15) is 13.6 Å². The van der Waals surface area contributed by atoms with Crippen LogP contribution < -0.4 is 20.1 Å². The summed E-state index contributed by atoms with van der Waals surface area (Å²) in [6, 6.07) is 4.91. The number of piperidine rings is 1. The highest BCUT2D eigenvalue weighted by molar-refractivity contribution is 5.76. The van der Waals surface area contributed by atoms with E-state index < -0.39 is 6.61 Å². The van der Waals surface area contributed by atoms with Gasteiger partial charge in [-0.1, -0.05) is 12.1 Å². The zero-order valence-corrected chi connectivity index (χ0v) is 14.5. The molecule has 1 heterocycles. The van der Waals surface area contributed by atoms with Crippen molar-refractivity contribution in [1.29, 1.82) is 0 Å². The van der Waals surface area contributed by atoms with Gasteiger partial charge >= 0.3 is 6.61 Å². The zero-order chi connectivity index (χ0) is 18.1. The monoisotopic (exact) mass is 356 g/mol. The Hall–Kier alpha value is -1.89. The smallest absolute Gasteiger partial charge is 0.387 e. The summed E-state index contributed by atoms with van der Waals surface area (Å²) in [5, 5.41) is 6.09. The number of para-hydroxylation sites is 1. The Morgan fingerprint density at radius 1 is 1.36 bits per heavy atom. The van der Waals surface area contributed by atoms with Gasteiger partial charge in [0.25, 0.3) is 0 Å². The first-order valence-corrected chi connectivity index (χ1v) is 8.77. The molecule has 0 unspecified atom stereocenters. The molecule has 0 spiro atoms. The minimum atomic E-state index is -2.95. The number of carbonyl (C=O) groups excluding carboxylic acids is 1. The fourth-order valence-electron chi connectivity index (χ4n) is 2.98. The molecule has 0 bridgehead atoms. The van der Waals surface area contributed by atoms with Gasteiger partial charge in [-0.3, -0.25) is 4.79 Å². The summed E-state index contributed by atoms with van der Waals surface area (Å²) < 4.78 is 35.3. The third-order valence-electron chi connectivity index (χ3n) is 4.28. The van der Waals surface area contributed by atoms with Crippen molar-refractivity contribution in [1.82, 2.24) is 10.6 Å². The maximum Gasteiger partial charge on any atom is 0.387 e. The number of benzene rings is 1. The summed E-state index contributed by atoms with van der Waals surface area (Å²) in [4.78, 5) is 12.1. The van der Waals surface area contributed by atoms with Crippen LogP contribution in [0.3, 0.4) is 0 Å². The first-order valence-electron chi connectivity index (χ1n) is 8.77. The normalized spacial score (nSPS) is 15.2. The van der Waals surface area contributed by atoms with Gasteiger partial charge in [-0.15, -0.1) is 0 Å². The molecule has 0 saturated carbocycles. The third kappa shape index (κ3) is 6.49. The van der Waals surface area contributed by atoms with Crippen molar-refractivity contribution in [3.8, 4) is 11.5 Å². The van der Waals surface area contributed by atoms with Crippen molar-refractivity contribution < 1.29 is 23.0 Å². The number of halogens is 2. The highest BCUT2D eigenvalue weighted by atomic mass is 19.3. The SMILES string of the molecule is CCOc1cccc(CNC(=O)CCC2CCNCC2)c1OC(F)F. The molecule has 2 N–H and O–H groups in total. The molecule has 5 nitrogen and oxygen atoms in total. The van der Waals surface area contributed by atoms with E-state index >= 15 is 0 Å². The fourth-order valence-corrected chi connectivity index (χ4v) is 2.98. The van der Waals surface area contributed by atoms with Crippen LogP contribution in [0, 0.1) is 5.92 Å². The maximum absolute atomic E-state index is 12.7. The topological polar surface area (TPSA) is 59.6 Å². The van der Waals surface area contributed by atoms with Crippen LogP contribution in [0.25, 0.3) is 0 Å². The largest absolute Gasteiger partial charge is 0.490 e. The van der Waals surface area contributed by atoms with E-state index in [4.69, 9.17) is 4.74 Å². The van der Waals surface area contributed by atoms with Gasteiger partial charge in [-0.25, -0.2) is 0 Å². The fraction of sp³-hybridized carbons (Fsp3) is 0.611. The van der Waals surface area contributed by atoms with E-state index in [1.165, 1.54) is 0 Å². The van der Waals surface area contributed by atoms with E-state index in [0.29, 0.717) is 24.5 Å². The number of hydrogen-bond acceptors (Lipinski definition) is 4. The van der Waals surface area contributed by atoms with Gasteiger partial charge in [0.2, 0.25) is 5.91 Å². The van der Waals surface area contributed by atoms with E-state index in [-0.39, 0.29) is 24.0 Å². The predicted molar refractivity (Wildman–Crippen MR) is 90.9 cm³/mol. The van der Waals surface area contributed by atoms with Crippen LogP contribution in [0.5, 0.6) is 11.5 Å². The molecule has 1 aliphatic heterocycles. The summed E-state index contributed by atoms with van der Waals surface area (Å²) in [6.45, 7) is 1.30. The van der Waals surface area contributed by atoms with Crippen LogP contribution in [-0.4, -0.2) is 32.2 Å². The number of amides is 1. The highest BCUT2D eigenvalue weighted by Crippen LogP contribution is 2.32. The first-order chi connectivity index (χ1) is 12.1. The Morgan fingerprint density at radius 3 is 2.80 bits per heavy atom. The number of ether oxygens (including phenoxy) is 2. The summed E-state index contributed by atoms with van der Waals surface area (Å²) in [5.74, 6) is 0.733. The van der Waals surface area contributed by atoms with Gasteiger partial charge in [-0.05, 0) is 51.3 Å². The van der Waals surface area contributed by atoms with Crippen LogP contribution in [0.2, 0.25) is 0 Å². The Bertz CT molecular complexity index is 549. The van der Waals surface area contributed by atoms with Crippen LogP contribution in [0.4, 0.5) is 8.78 Å². The Labute approximate surface area is 147 Å². The molecule has 1 aromatic carbocycles. The molecule has 1 saturated heterocycles. The number of hydrogen-bond donors (Lipinski definition) is 2. The van der Waals surface area contributed by atoms with Crippen molar-refractivity contribution >= 4 is 5.91 Å². The molecule has 0 atom stereocenters. The predicted octanol–water partition coefficient (Wildman–Crippen LogP) is 3.08. The standard InChI is InChI=1S/C18H26F2N2O3/c1-2-24-15-5-3-4-14(17(15)25-18(19)20)12-22-16(23)7-6-13-8-10-21-11-9-13/h3-5,13,18,21H,2,6-12H2,1H3,(H,22,23). The summed E-state index contributed by atoms with van der Waals surface area (Å²) >= 11 is 0. The molecule has 0 aromatic heterocycles. The molecule has 1 fully saturated rings. The van der Waals surface area contributed by atoms with Crippen LogP contribution >= 0.6 is 0 Å². The lowest BCUT2D eigenvalue weighted by Crippen LogP contribution is -2.29. The lowest BCUT2D eigenvalue weighted by Gasteiger charge is -2.22. The quantitative estimate of drug-likeness (QED) is 0.714. The maximum atomic E-state index is 12.7. The number of alkyl halides is 2. The van der Waals surface area contributed by atoms with Crippen molar-refractivity contribution in [2.24, 2.45) is 5.92 Å². The van der Waals surface area contributed by atoms with E-state index in [2.05, 4.69) is 15.4 Å². The average Bonchev–Trinajstić information content (AvgIpc) is 2.61. The first kappa shape index (κ1) is 19.4. The highest BCUT2D eigenvalue weighted by Gasteiger charge is 2.17. The van der Waals surface area contributed by atoms with Crippen molar-refractivity contribution in [3.05, 3.63) is 23.8 Å². The van der Waals surface area contributed by atoms with Crippen LogP contribution in [-0.2, 0) is 11.3 Å². The minimum Gasteiger partial charge on any atom is -0.490 e. The molecule has 2 rings (SSSR count). The van der Waals surface area contributed by atoms with Gasteiger partial charge < -0.3 is 20.1 Å². The van der Waals surface area contributed by atoms with Crippen LogP contribution in [0.1, 0.15) is 38.2 Å². The van der Waals surface area contributed by atoms with Gasteiger partial charge in [0.15, 0.2) is 11.5 Å². The molecule has 1 aliphatic rings. The second-order valence-corrected chi connectivity index (χ2v) is 6.06. The van der Waals surface area contributed by atoms with Crippen molar-refractivity contribution in [2.75, 3.05) is 19.7 Å². The molecule has 140 valence electrons. The second-order valence-electron chi connectivity index (χ2n) is 6.06. The lowest BCUT2D eigenvalue weighted by atomic mass is 9.93. The summed E-state index contributed by atoms with van der Waals surface area (Å²) in [6.07, 6.45) is 3.49. The molecule has 7 heteroatoms. The Kier molecular flexibility index (Phi) is 7.91. The van der Waals surface area contributed by atoms with E-state index in [0.717, 1.165) is 32.4 Å². The minimum absolute atomic E-state index is 0.0157. The zero-order valence-electron chi connectivity index (χ0n) is 14.5. The molecule has 1 amide bonds. The van der Waals surface area contributed by atoms with Gasteiger partial charge in [0, 0.05) is 18.5 Å². The summed E-state index contributed by atoms with van der Waals surface area (Å²) in [7, 11) is 0. The number of carbonyl (C=O) groups is 1. The molecule has 0 radical (unpaired) electrons.